The molecule has 0 fully saturated rings. The van der Waals surface area contributed by atoms with Crippen molar-refractivity contribution in [3.05, 3.63) is 45.8 Å². The molecule has 0 saturated carbocycles. The smallest absolute Gasteiger partial charge is 0.226 e. The van der Waals surface area contributed by atoms with E-state index in [1.54, 1.807) is 12.3 Å². The van der Waals surface area contributed by atoms with Crippen LogP contribution in [0.5, 0.6) is 11.6 Å². The number of hydrogen-bond donors (Lipinski definition) is 0. The van der Waals surface area contributed by atoms with E-state index in [9.17, 15) is 0 Å². The van der Waals surface area contributed by atoms with Gasteiger partial charge in [-0.25, -0.2) is 4.98 Å². The summed E-state index contributed by atoms with van der Waals surface area (Å²) in [6.45, 7) is 3.80. The summed E-state index contributed by atoms with van der Waals surface area (Å²) in [6, 6.07) is 5.54. The van der Waals surface area contributed by atoms with Gasteiger partial charge in [0.25, 0.3) is 0 Å². The van der Waals surface area contributed by atoms with Crippen LogP contribution in [0.15, 0.2) is 24.4 Å². The predicted octanol–water partition coefficient (Wildman–Crippen LogP) is 4.19. The van der Waals surface area contributed by atoms with Gasteiger partial charge in [0.15, 0.2) is 0 Å². The number of aromatic nitrogens is 2. The zero-order chi connectivity index (χ0) is 12.4. The molecule has 0 saturated heterocycles. The van der Waals surface area contributed by atoms with Crippen LogP contribution in [-0.4, -0.2) is 9.97 Å². The van der Waals surface area contributed by atoms with E-state index < -0.39 is 0 Å². The number of rotatable bonds is 2. The van der Waals surface area contributed by atoms with Crippen molar-refractivity contribution in [3.63, 3.8) is 0 Å². The maximum Gasteiger partial charge on any atom is 0.226 e. The quantitative estimate of drug-likeness (QED) is 0.766. The van der Waals surface area contributed by atoms with Gasteiger partial charge < -0.3 is 4.74 Å². The van der Waals surface area contributed by atoms with Crippen LogP contribution in [0.3, 0.4) is 0 Å². The highest BCUT2D eigenvalue weighted by atomic mass is 35.5. The first kappa shape index (κ1) is 12.1. The van der Waals surface area contributed by atoms with Crippen molar-refractivity contribution in [1.82, 2.24) is 9.97 Å². The molecule has 0 spiro atoms. The SMILES string of the molecule is Cc1ccc(Oc2nc(Cl)ncc2C)c(Cl)c1. The van der Waals surface area contributed by atoms with E-state index >= 15 is 0 Å². The second-order valence-electron chi connectivity index (χ2n) is 3.66. The zero-order valence-corrected chi connectivity index (χ0v) is 10.9. The normalized spacial score (nSPS) is 10.4. The lowest BCUT2D eigenvalue weighted by molar-refractivity contribution is 0.457. The Labute approximate surface area is 109 Å². The second kappa shape index (κ2) is 4.90. The Morgan fingerprint density at radius 1 is 1.18 bits per heavy atom. The summed E-state index contributed by atoms with van der Waals surface area (Å²) in [5, 5.41) is 0.688. The average molecular weight is 269 g/mol. The van der Waals surface area contributed by atoms with Crippen molar-refractivity contribution in [2.24, 2.45) is 0 Å². The molecule has 0 aliphatic carbocycles. The van der Waals surface area contributed by atoms with Crippen LogP contribution in [0.4, 0.5) is 0 Å². The molecule has 88 valence electrons. The van der Waals surface area contributed by atoms with Gasteiger partial charge in [-0.1, -0.05) is 17.7 Å². The van der Waals surface area contributed by atoms with E-state index in [1.807, 2.05) is 26.0 Å². The van der Waals surface area contributed by atoms with Crippen molar-refractivity contribution in [2.45, 2.75) is 13.8 Å². The molecular formula is C12H10Cl2N2O. The molecule has 0 radical (unpaired) electrons. The van der Waals surface area contributed by atoms with Crippen molar-refractivity contribution in [1.29, 1.82) is 0 Å². The first-order valence-corrected chi connectivity index (χ1v) is 5.75. The summed E-state index contributed by atoms with van der Waals surface area (Å²) in [5.41, 5.74) is 1.87. The van der Waals surface area contributed by atoms with E-state index in [-0.39, 0.29) is 5.28 Å². The molecule has 2 rings (SSSR count). The van der Waals surface area contributed by atoms with Gasteiger partial charge in [0.2, 0.25) is 11.2 Å². The van der Waals surface area contributed by atoms with Gasteiger partial charge in [0.1, 0.15) is 5.75 Å². The molecule has 5 heteroatoms. The summed E-state index contributed by atoms with van der Waals surface area (Å²) in [6.07, 6.45) is 1.60. The summed E-state index contributed by atoms with van der Waals surface area (Å²) in [7, 11) is 0. The number of halogens is 2. The van der Waals surface area contributed by atoms with Crippen molar-refractivity contribution < 1.29 is 4.74 Å². The topological polar surface area (TPSA) is 35.0 Å². The van der Waals surface area contributed by atoms with Crippen molar-refractivity contribution >= 4 is 23.2 Å². The van der Waals surface area contributed by atoms with Crippen LogP contribution < -0.4 is 4.74 Å². The lowest BCUT2D eigenvalue weighted by atomic mass is 10.2. The van der Waals surface area contributed by atoms with Gasteiger partial charge in [-0.15, -0.1) is 0 Å². The molecule has 1 aromatic heterocycles. The fourth-order valence-electron chi connectivity index (χ4n) is 1.30. The first-order chi connectivity index (χ1) is 8.06. The Hall–Kier alpha value is -1.32. The maximum atomic E-state index is 6.07. The summed E-state index contributed by atoms with van der Waals surface area (Å²) in [5.74, 6) is 0.964. The third kappa shape index (κ3) is 2.87. The molecule has 0 aliphatic heterocycles. The van der Waals surface area contributed by atoms with Crippen LogP contribution in [0.1, 0.15) is 11.1 Å². The number of aryl methyl sites for hydroxylation is 2. The monoisotopic (exact) mass is 268 g/mol. The van der Waals surface area contributed by atoms with Gasteiger partial charge in [-0.05, 0) is 43.1 Å². The van der Waals surface area contributed by atoms with Gasteiger partial charge in [0, 0.05) is 11.8 Å². The molecular weight excluding hydrogens is 259 g/mol. The van der Waals surface area contributed by atoms with E-state index in [0.29, 0.717) is 16.7 Å². The number of hydrogen-bond acceptors (Lipinski definition) is 3. The minimum absolute atomic E-state index is 0.147. The fraction of sp³-hybridized carbons (Fsp3) is 0.167. The molecule has 1 aromatic carbocycles. The predicted molar refractivity (Wildman–Crippen MR) is 68.0 cm³/mol. The maximum absolute atomic E-state index is 6.07. The van der Waals surface area contributed by atoms with Gasteiger partial charge >= 0.3 is 0 Å². The van der Waals surface area contributed by atoms with E-state index in [4.69, 9.17) is 27.9 Å². The third-order valence-electron chi connectivity index (χ3n) is 2.19. The molecule has 2 aromatic rings. The van der Waals surface area contributed by atoms with E-state index in [0.717, 1.165) is 11.1 Å². The minimum atomic E-state index is 0.147. The zero-order valence-electron chi connectivity index (χ0n) is 9.37. The molecule has 0 amide bonds. The standard InChI is InChI=1S/C12H10Cl2N2O/c1-7-3-4-10(9(13)5-7)17-11-8(2)6-15-12(14)16-11/h3-6H,1-2H3. The minimum Gasteiger partial charge on any atom is -0.437 e. The lowest BCUT2D eigenvalue weighted by Crippen LogP contribution is -1.94. The highest BCUT2D eigenvalue weighted by molar-refractivity contribution is 6.32. The highest BCUT2D eigenvalue weighted by Crippen LogP contribution is 2.30. The molecule has 3 nitrogen and oxygen atoms in total. The van der Waals surface area contributed by atoms with E-state index in [2.05, 4.69) is 9.97 Å². The molecule has 0 atom stereocenters. The number of nitrogens with zero attached hydrogens (tertiary/aromatic N) is 2. The first-order valence-electron chi connectivity index (χ1n) is 4.99. The third-order valence-corrected chi connectivity index (χ3v) is 2.67. The number of benzene rings is 1. The highest BCUT2D eigenvalue weighted by Gasteiger charge is 2.08. The van der Waals surface area contributed by atoms with Crippen molar-refractivity contribution in [2.75, 3.05) is 0 Å². The molecule has 0 unspecified atom stereocenters. The van der Waals surface area contributed by atoms with Crippen LogP contribution in [0, 0.1) is 13.8 Å². The lowest BCUT2D eigenvalue weighted by Gasteiger charge is -2.09. The Bertz CT molecular complexity index is 558. The molecule has 0 aliphatic rings. The molecule has 0 N–H and O–H groups in total. The van der Waals surface area contributed by atoms with Crippen LogP contribution in [0.2, 0.25) is 10.3 Å². The molecule has 17 heavy (non-hydrogen) atoms. The average Bonchev–Trinajstić information content (AvgIpc) is 2.27. The fourth-order valence-corrected chi connectivity index (χ4v) is 1.70. The Morgan fingerprint density at radius 3 is 2.65 bits per heavy atom. The van der Waals surface area contributed by atoms with Crippen molar-refractivity contribution in [3.8, 4) is 11.6 Å². The summed E-state index contributed by atoms with van der Waals surface area (Å²) >= 11 is 11.8. The van der Waals surface area contributed by atoms with E-state index in [1.165, 1.54) is 0 Å². The molecule has 0 bridgehead atoms. The van der Waals surface area contributed by atoms with Gasteiger partial charge in [0.05, 0.1) is 5.02 Å². The summed E-state index contributed by atoms with van der Waals surface area (Å²) in [4.78, 5) is 7.86. The Kier molecular flexibility index (Phi) is 3.50. The Morgan fingerprint density at radius 2 is 1.94 bits per heavy atom. The van der Waals surface area contributed by atoms with Gasteiger partial charge in [-0.2, -0.15) is 4.98 Å². The van der Waals surface area contributed by atoms with Crippen LogP contribution >= 0.6 is 23.2 Å². The second-order valence-corrected chi connectivity index (χ2v) is 4.41. The van der Waals surface area contributed by atoms with Crippen LogP contribution in [-0.2, 0) is 0 Å². The van der Waals surface area contributed by atoms with Gasteiger partial charge in [-0.3, -0.25) is 0 Å². The molecule has 1 heterocycles. The summed E-state index contributed by atoms with van der Waals surface area (Å²) < 4.78 is 5.61. The number of ether oxygens (including phenoxy) is 1. The Balaban J connectivity index is 2.34. The largest absolute Gasteiger partial charge is 0.437 e. The van der Waals surface area contributed by atoms with Crippen LogP contribution in [0.25, 0.3) is 0 Å².